The summed E-state index contributed by atoms with van der Waals surface area (Å²) in [6, 6.07) is 6.44. The maximum atomic E-state index is 4.71. The van der Waals surface area contributed by atoms with Crippen LogP contribution in [0.1, 0.15) is 42.6 Å². The van der Waals surface area contributed by atoms with E-state index in [4.69, 9.17) is 4.98 Å². The molecule has 1 aliphatic rings. The first kappa shape index (κ1) is 16.6. The molecule has 124 valence electrons. The third kappa shape index (κ3) is 4.83. The van der Waals surface area contributed by atoms with Gasteiger partial charge in [0, 0.05) is 43.2 Å². The van der Waals surface area contributed by atoms with Crippen molar-refractivity contribution in [2.24, 2.45) is 0 Å². The smallest absolute Gasteiger partial charge is 0.131 e. The van der Waals surface area contributed by atoms with Crippen LogP contribution in [0.25, 0.3) is 0 Å². The maximum absolute atomic E-state index is 4.71. The Labute approximate surface area is 143 Å². The van der Waals surface area contributed by atoms with Gasteiger partial charge in [0.15, 0.2) is 0 Å². The molecule has 3 rings (SSSR count). The van der Waals surface area contributed by atoms with Crippen LogP contribution in [0, 0.1) is 0 Å². The second-order valence-electron chi connectivity index (χ2n) is 6.55. The molecule has 0 amide bonds. The molecule has 1 saturated heterocycles. The van der Waals surface area contributed by atoms with Gasteiger partial charge in [-0.15, -0.1) is 11.3 Å². The van der Waals surface area contributed by atoms with Crippen molar-refractivity contribution in [1.82, 2.24) is 19.8 Å². The van der Waals surface area contributed by atoms with E-state index < -0.39 is 0 Å². The molecule has 3 heterocycles. The second kappa shape index (κ2) is 7.99. The highest BCUT2D eigenvalue weighted by atomic mass is 32.1. The molecule has 0 spiro atoms. The first-order valence-corrected chi connectivity index (χ1v) is 9.37. The minimum Gasteiger partial charge on any atom is -0.297 e. The van der Waals surface area contributed by atoms with E-state index in [0.29, 0.717) is 5.92 Å². The third-order valence-electron chi connectivity index (χ3n) is 4.27. The van der Waals surface area contributed by atoms with Gasteiger partial charge in [-0.05, 0) is 37.0 Å². The molecule has 2 aromatic rings. The third-order valence-corrected chi connectivity index (χ3v) is 5.14. The molecule has 4 nitrogen and oxygen atoms in total. The van der Waals surface area contributed by atoms with Crippen LogP contribution in [0.4, 0.5) is 0 Å². The Hall–Kier alpha value is -1.30. The summed E-state index contributed by atoms with van der Waals surface area (Å²) < 4.78 is 0. The van der Waals surface area contributed by atoms with E-state index in [2.05, 4.69) is 52.2 Å². The Balaban J connectivity index is 1.54. The van der Waals surface area contributed by atoms with Crippen LogP contribution < -0.4 is 0 Å². The summed E-state index contributed by atoms with van der Waals surface area (Å²) in [4.78, 5) is 15.7. The Morgan fingerprint density at radius 3 is 2.57 bits per heavy atom. The van der Waals surface area contributed by atoms with Crippen molar-refractivity contribution in [3.8, 4) is 0 Å². The van der Waals surface area contributed by atoms with Gasteiger partial charge in [-0.1, -0.05) is 19.9 Å². The van der Waals surface area contributed by atoms with E-state index in [1.807, 2.05) is 17.5 Å². The predicted octanol–water partition coefficient (Wildman–Crippen LogP) is 3.37. The Bertz CT molecular complexity index is 597. The molecule has 1 fully saturated rings. The largest absolute Gasteiger partial charge is 0.297 e. The van der Waals surface area contributed by atoms with Gasteiger partial charge in [-0.2, -0.15) is 0 Å². The highest BCUT2D eigenvalue weighted by Gasteiger charge is 2.16. The summed E-state index contributed by atoms with van der Waals surface area (Å²) in [5.74, 6) is 1.34. The molecule has 0 saturated carbocycles. The first-order valence-electron chi connectivity index (χ1n) is 8.49. The average Bonchev–Trinajstić information content (AvgIpc) is 2.95. The lowest BCUT2D eigenvalue weighted by atomic mass is 10.2. The van der Waals surface area contributed by atoms with Gasteiger partial charge in [0.2, 0.25) is 0 Å². The molecule has 0 N–H and O–H groups in total. The zero-order valence-corrected chi connectivity index (χ0v) is 14.9. The lowest BCUT2D eigenvalue weighted by molar-refractivity contribution is 0.246. The molecule has 5 heteroatoms. The summed E-state index contributed by atoms with van der Waals surface area (Å²) >= 11 is 1.86. The summed E-state index contributed by atoms with van der Waals surface area (Å²) in [5, 5.41) is 2.17. The van der Waals surface area contributed by atoms with Crippen molar-refractivity contribution in [3.05, 3.63) is 46.2 Å². The fourth-order valence-electron chi connectivity index (χ4n) is 2.97. The van der Waals surface area contributed by atoms with Crippen LogP contribution in [0.15, 0.2) is 29.8 Å². The highest BCUT2D eigenvalue weighted by Crippen LogP contribution is 2.15. The van der Waals surface area contributed by atoms with Crippen LogP contribution in [0.5, 0.6) is 0 Å². The van der Waals surface area contributed by atoms with Gasteiger partial charge in [0.05, 0.1) is 5.69 Å². The molecule has 0 bridgehead atoms. The van der Waals surface area contributed by atoms with Crippen molar-refractivity contribution in [1.29, 1.82) is 0 Å². The minimum atomic E-state index is 0.389. The van der Waals surface area contributed by atoms with Gasteiger partial charge in [-0.25, -0.2) is 9.97 Å². The lowest BCUT2D eigenvalue weighted by Crippen LogP contribution is -2.30. The van der Waals surface area contributed by atoms with Crippen molar-refractivity contribution < 1.29 is 0 Å². The summed E-state index contributed by atoms with van der Waals surface area (Å²) in [7, 11) is 0. The molecule has 0 radical (unpaired) electrons. The molecule has 0 unspecified atom stereocenters. The summed E-state index contributed by atoms with van der Waals surface area (Å²) in [5.41, 5.74) is 1.15. The molecular weight excluding hydrogens is 304 g/mol. The first-order chi connectivity index (χ1) is 11.2. The highest BCUT2D eigenvalue weighted by molar-refractivity contribution is 7.09. The molecule has 1 aliphatic heterocycles. The zero-order valence-electron chi connectivity index (χ0n) is 14.1. The standard InChI is InChI=1S/C18H26N4S/c1-15(2)18-19-7-6-16(20-18)13-21-8-4-9-22(11-10-21)14-17-5-3-12-23-17/h3,5-7,12,15H,4,8-11,13-14H2,1-2H3. The van der Waals surface area contributed by atoms with E-state index in [0.717, 1.165) is 44.2 Å². The van der Waals surface area contributed by atoms with Crippen LogP contribution in [-0.4, -0.2) is 45.9 Å². The second-order valence-corrected chi connectivity index (χ2v) is 7.58. The average molecular weight is 331 g/mol. The van der Waals surface area contributed by atoms with Crippen LogP contribution in [0.3, 0.4) is 0 Å². The molecule has 0 aliphatic carbocycles. The van der Waals surface area contributed by atoms with Gasteiger partial charge >= 0.3 is 0 Å². The summed E-state index contributed by atoms with van der Waals surface area (Å²) in [6.07, 6.45) is 3.13. The van der Waals surface area contributed by atoms with Gasteiger partial charge in [0.25, 0.3) is 0 Å². The molecule has 0 aromatic carbocycles. The van der Waals surface area contributed by atoms with Crippen molar-refractivity contribution >= 4 is 11.3 Å². The fourth-order valence-corrected chi connectivity index (χ4v) is 3.72. The number of thiophene rings is 1. The van der Waals surface area contributed by atoms with E-state index >= 15 is 0 Å². The van der Waals surface area contributed by atoms with Crippen LogP contribution in [-0.2, 0) is 13.1 Å². The number of aromatic nitrogens is 2. The van der Waals surface area contributed by atoms with Crippen LogP contribution >= 0.6 is 11.3 Å². The summed E-state index contributed by atoms with van der Waals surface area (Å²) in [6.45, 7) is 10.9. The van der Waals surface area contributed by atoms with Gasteiger partial charge in [-0.3, -0.25) is 9.80 Å². The molecule has 2 aromatic heterocycles. The van der Waals surface area contributed by atoms with Crippen molar-refractivity contribution in [3.63, 3.8) is 0 Å². The predicted molar refractivity (Wildman–Crippen MR) is 95.6 cm³/mol. The van der Waals surface area contributed by atoms with Crippen LogP contribution in [0.2, 0.25) is 0 Å². The van der Waals surface area contributed by atoms with E-state index in [-0.39, 0.29) is 0 Å². The number of rotatable bonds is 5. The Kier molecular flexibility index (Phi) is 5.75. The van der Waals surface area contributed by atoms with E-state index in [9.17, 15) is 0 Å². The van der Waals surface area contributed by atoms with Crippen molar-refractivity contribution in [2.75, 3.05) is 26.2 Å². The minimum absolute atomic E-state index is 0.389. The monoisotopic (exact) mass is 330 g/mol. The Morgan fingerprint density at radius 2 is 1.87 bits per heavy atom. The quantitative estimate of drug-likeness (QED) is 0.841. The van der Waals surface area contributed by atoms with E-state index in [1.54, 1.807) is 0 Å². The van der Waals surface area contributed by atoms with Crippen molar-refractivity contribution in [2.45, 2.75) is 39.3 Å². The lowest BCUT2D eigenvalue weighted by Gasteiger charge is -2.21. The van der Waals surface area contributed by atoms with E-state index in [1.165, 1.54) is 17.8 Å². The van der Waals surface area contributed by atoms with Gasteiger partial charge in [0.1, 0.15) is 5.82 Å². The van der Waals surface area contributed by atoms with Gasteiger partial charge < -0.3 is 0 Å². The fraction of sp³-hybridized carbons (Fsp3) is 0.556. The number of hydrogen-bond acceptors (Lipinski definition) is 5. The SMILES string of the molecule is CC(C)c1nccc(CN2CCCN(Cc3cccs3)CC2)n1. The molecular formula is C18H26N4S. The maximum Gasteiger partial charge on any atom is 0.131 e. The number of hydrogen-bond donors (Lipinski definition) is 0. The molecule has 23 heavy (non-hydrogen) atoms. The topological polar surface area (TPSA) is 32.3 Å². The normalized spacial score (nSPS) is 17.5. The molecule has 0 atom stereocenters. The Morgan fingerprint density at radius 1 is 1.09 bits per heavy atom. The number of nitrogens with zero attached hydrogens (tertiary/aromatic N) is 4. The zero-order chi connectivity index (χ0) is 16.1.